The fourth-order valence-corrected chi connectivity index (χ4v) is 2.65. The van der Waals surface area contributed by atoms with Crippen LogP contribution in [0.2, 0.25) is 0 Å². The number of likely N-dealkylation sites (tertiary alicyclic amines) is 1. The van der Waals surface area contributed by atoms with E-state index >= 15 is 0 Å². The molecule has 1 unspecified atom stereocenters. The molecule has 1 fully saturated rings. The van der Waals surface area contributed by atoms with Crippen molar-refractivity contribution in [2.24, 2.45) is 11.3 Å². The number of amides is 1. The molecule has 5 nitrogen and oxygen atoms in total. The first-order valence-corrected chi connectivity index (χ1v) is 7.03. The Morgan fingerprint density at radius 3 is 2.37 bits per heavy atom. The zero-order chi connectivity index (χ0) is 14.6. The summed E-state index contributed by atoms with van der Waals surface area (Å²) in [7, 11) is 0. The minimum absolute atomic E-state index is 0.0346. The van der Waals surface area contributed by atoms with Crippen LogP contribution in [0, 0.1) is 11.3 Å². The average molecular weight is 270 g/mol. The molecule has 19 heavy (non-hydrogen) atoms. The van der Waals surface area contributed by atoms with Gasteiger partial charge in [0.1, 0.15) is 0 Å². The summed E-state index contributed by atoms with van der Waals surface area (Å²) in [5, 5.41) is 12.3. The Balaban J connectivity index is 2.48. The average Bonchev–Trinajstić information content (AvgIpc) is 2.70. The third-order valence-corrected chi connectivity index (χ3v) is 4.02. The molecule has 2 N–H and O–H groups in total. The fourth-order valence-electron chi connectivity index (χ4n) is 2.65. The molecule has 5 heteroatoms. The lowest BCUT2D eigenvalue weighted by atomic mass is 9.76. The van der Waals surface area contributed by atoms with E-state index in [1.807, 2.05) is 27.7 Å². The van der Waals surface area contributed by atoms with Crippen molar-refractivity contribution in [3.63, 3.8) is 0 Å². The van der Waals surface area contributed by atoms with E-state index in [1.165, 1.54) is 0 Å². The maximum atomic E-state index is 11.6. The summed E-state index contributed by atoms with van der Waals surface area (Å²) >= 11 is 0. The third kappa shape index (κ3) is 3.93. The van der Waals surface area contributed by atoms with Crippen LogP contribution in [0.3, 0.4) is 0 Å². The SMILES string of the molecule is CC(C)NC(=O)CCN1CCC(C(=O)O)(C(C)C)C1. The minimum Gasteiger partial charge on any atom is -0.481 e. The highest BCUT2D eigenvalue weighted by molar-refractivity contribution is 5.77. The van der Waals surface area contributed by atoms with Crippen LogP contribution in [0.25, 0.3) is 0 Å². The molecule has 1 saturated heterocycles. The Kier molecular flexibility index (Phi) is 5.35. The van der Waals surface area contributed by atoms with Crippen molar-refractivity contribution in [1.29, 1.82) is 0 Å². The van der Waals surface area contributed by atoms with Gasteiger partial charge in [-0.1, -0.05) is 13.8 Å². The van der Waals surface area contributed by atoms with Crippen molar-refractivity contribution < 1.29 is 14.7 Å². The van der Waals surface area contributed by atoms with Gasteiger partial charge in [-0.3, -0.25) is 9.59 Å². The first kappa shape index (κ1) is 16.0. The van der Waals surface area contributed by atoms with Gasteiger partial charge in [-0.05, 0) is 32.7 Å². The van der Waals surface area contributed by atoms with Crippen molar-refractivity contribution in [2.75, 3.05) is 19.6 Å². The van der Waals surface area contributed by atoms with E-state index in [0.29, 0.717) is 25.9 Å². The Morgan fingerprint density at radius 1 is 1.32 bits per heavy atom. The Morgan fingerprint density at radius 2 is 1.95 bits per heavy atom. The lowest BCUT2D eigenvalue weighted by Gasteiger charge is -2.28. The Hall–Kier alpha value is -1.10. The standard InChI is InChI=1S/C14H26N2O3/c1-10(2)14(13(18)19)6-8-16(9-14)7-5-12(17)15-11(3)4/h10-11H,5-9H2,1-4H3,(H,15,17)(H,18,19). The molecule has 0 aromatic heterocycles. The maximum absolute atomic E-state index is 11.6. The second-order valence-electron chi connectivity index (χ2n) is 6.11. The van der Waals surface area contributed by atoms with Gasteiger partial charge in [-0.25, -0.2) is 0 Å². The van der Waals surface area contributed by atoms with Gasteiger partial charge in [0, 0.05) is 25.6 Å². The number of carbonyl (C=O) groups excluding carboxylic acids is 1. The topological polar surface area (TPSA) is 69.6 Å². The van der Waals surface area contributed by atoms with Crippen LogP contribution in [0.4, 0.5) is 0 Å². The summed E-state index contributed by atoms with van der Waals surface area (Å²) in [5.74, 6) is -0.566. The number of carbonyl (C=O) groups is 2. The number of hydrogen-bond acceptors (Lipinski definition) is 3. The van der Waals surface area contributed by atoms with E-state index < -0.39 is 11.4 Å². The van der Waals surface area contributed by atoms with Crippen LogP contribution >= 0.6 is 0 Å². The van der Waals surface area contributed by atoms with E-state index in [0.717, 1.165) is 6.54 Å². The van der Waals surface area contributed by atoms with Crippen LogP contribution < -0.4 is 5.32 Å². The summed E-state index contributed by atoms with van der Waals surface area (Å²) < 4.78 is 0. The van der Waals surface area contributed by atoms with Crippen LogP contribution in [-0.4, -0.2) is 47.6 Å². The van der Waals surface area contributed by atoms with Crippen LogP contribution in [0.15, 0.2) is 0 Å². The predicted octanol–water partition coefficient (Wildman–Crippen LogP) is 1.33. The normalized spacial score (nSPS) is 24.1. The molecule has 0 aliphatic carbocycles. The second-order valence-corrected chi connectivity index (χ2v) is 6.11. The third-order valence-electron chi connectivity index (χ3n) is 4.02. The summed E-state index contributed by atoms with van der Waals surface area (Å²) in [6.45, 7) is 9.74. The molecule has 0 aromatic rings. The number of aliphatic carboxylic acids is 1. The molecule has 0 aromatic carbocycles. The monoisotopic (exact) mass is 270 g/mol. The first-order chi connectivity index (χ1) is 8.78. The van der Waals surface area contributed by atoms with Crippen molar-refractivity contribution in [2.45, 2.75) is 46.6 Å². The molecule has 1 atom stereocenters. The Labute approximate surface area is 115 Å². The molecule has 0 bridgehead atoms. The van der Waals surface area contributed by atoms with Crippen LogP contribution in [0.1, 0.15) is 40.5 Å². The molecule has 0 radical (unpaired) electrons. The van der Waals surface area contributed by atoms with Crippen LogP contribution in [-0.2, 0) is 9.59 Å². The number of nitrogens with one attached hydrogen (secondary N) is 1. The molecule has 0 saturated carbocycles. The van der Waals surface area contributed by atoms with Gasteiger partial charge in [-0.15, -0.1) is 0 Å². The smallest absolute Gasteiger partial charge is 0.311 e. The molecule has 1 amide bonds. The van der Waals surface area contributed by atoms with E-state index in [1.54, 1.807) is 0 Å². The number of hydrogen-bond donors (Lipinski definition) is 2. The van der Waals surface area contributed by atoms with Crippen molar-refractivity contribution >= 4 is 11.9 Å². The molecule has 1 rings (SSSR count). The van der Waals surface area contributed by atoms with Gasteiger partial charge in [0.25, 0.3) is 0 Å². The highest BCUT2D eigenvalue weighted by Gasteiger charge is 2.46. The van der Waals surface area contributed by atoms with Crippen molar-refractivity contribution in [1.82, 2.24) is 10.2 Å². The van der Waals surface area contributed by atoms with E-state index in [2.05, 4.69) is 10.2 Å². The van der Waals surface area contributed by atoms with Crippen molar-refractivity contribution in [3.8, 4) is 0 Å². The fraction of sp³-hybridized carbons (Fsp3) is 0.857. The lowest BCUT2D eigenvalue weighted by Crippen LogP contribution is -2.40. The molecular formula is C14H26N2O3. The van der Waals surface area contributed by atoms with E-state index in [-0.39, 0.29) is 17.9 Å². The molecular weight excluding hydrogens is 244 g/mol. The number of rotatable bonds is 6. The number of nitrogens with zero attached hydrogens (tertiary/aromatic N) is 1. The van der Waals surface area contributed by atoms with E-state index in [4.69, 9.17) is 0 Å². The number of carboxylic acids is 1. The molecule has 110 valence electrons. The quantitative estimate of drug-likeness (QED) is 0.764. The molecule has 0 spiro atoms. The Bertz CT molecular complexity index is 342. The van der Waals surface area contributed by atoms with Crippen LogP contribution in [0.5, 0.6) is 0 Å². The number of carboxylic acid groups (broad SMARTS) is 1. The van der Waals surface area contributed by atoms with Gasteiger partial charge < -0.3 is 15.3 Å². The van der Waals surface area contributed by atoms with Gasteiger partial charge in [0.05, 0.1) is 5.41 Å². The van der Waals surface area contributed by atoms with Gasteiger partial charge in [-0.2, -0.15) is 0 Å². The molecule has 1 heterocycles. The first-order valence-electron chi connectivity index (χ1n) is 7.03. The zero-order valence-electron chi connectivity index (χ0n) is 12.4. The zero-order valence-corrected chi connectivity index (χ0v) is 12.4. The van der Waals surface area contributed by atoms with Crippen molar-refractivity contribution in [3.05, 3.63) is 0 Å². The highest BCUT2D eigenvalue weighted by atomic mass is 16.4. The lowest BCUT2D eigenvalue weighted by molar-refractivity contribution is -0.151. The van der Waals surface area contributed by atoms with Gasteiger partial charge >= 0.3 is 5.97 Å². The molecule has 1 aliphatic heterocycles. The van der Waals surface area contributed by atoms with Gasteiger partial charge in [0.15, 0.2) is 0 Å². The largest absolute Gasteiger partial charge is 0.481 e. The van der Waals surface area contributed by atoms with Gasteiger partial charge in [0.2, 0.25) is 5.91 Å². The summed E-state index contributed by atoms with van der Waals surface area (Å²) in [6.07, 6.45) is 1.11. The summed E-state index contributed by atoms with van der Waals surface area (Å²) in [5.41, 5.74) is -0.644. The highest BCUT2D eigenvalue weighted by Crippen LogP contribution is 2.38. The summed E-state index contributed by atoms with van der Waals surface area (Å²) in [6, 6.07) is 0.153. The molecule has 1 aliphatic rings. The summed E-state index contributed by atoms with van der Waals surface area (Å²) in [4.78, 5) is 25.2. The van der Waals surface area contributed by atoms with E-state index in [9.17, 15) is 14.7 Å². The predicted molar refractivity (Wildman–Crippen MR) is 73.9 cm³/mol. The maximum Gasteiger partial charge on any atom is 0.311 e. The second kappa shape index (κ2) is 6.37. The minimum atomic E-state index is -0.711.